The van der Waals surface area contributed by atoms with E-state index in [0.29, 0.717) is 25.8 Å². The molecule has 1 fully saturated rings. The van der Waals surface area contributed by atoms with Crippen LogP contribution in [-0.2, 0) is 14.4 Å². The van der Waals surface area contributed by atoms with Crippen LogP contribution in [0.1, 0.15) is 233 Å². The molecule has 1 unspecified atom stereocenters. The van der Waals surface area contributed by atoms with Crippen molar-refractivity contribution in [2.45, 2.75) is 233 Å². The van der Waals surface area contributed by atoms with Gasteiger partial charge in [0.05, 0.1) is 0 Å². The van der Waals surface area contributed by atoms with E-state index < -0.39 is 5.92 Å². The molecule has 1 aliphatic carbocycles. The zero-order valence-electron chi connectivity index (χ0n) is 34.4. The smallest absolute Gasteiger partial charge is 0.225 e. The number of carbonyl (C=O) groups is 3. The number of nitrogens with two attached hydrogens (primary N) is 1. The van der Waals surface area contributed by atoms with Crippen molar-refractivity contribution in [3.8, 4) is 0 Å². The van der Waals surface area contributed by atoms with Crippen molar-refractivity contribution in [2.24, 2.45) is 23.5 Å². The van der Waals surface area contributed by atoms with E-state index in [9.17, 15) is 14.4 Å². The lowest BCUT2D eigenvalue weighted by Gasteiger charge is -2.35. The van der Waals surface area contributed by atoms with Gasteiger partial charge in [-0.15, -0.1) is 0 Å². The monoisotopic (exact) mass is 718 g/mol. The lowest BCUT2D eigenvalue weighted by Crippen LogP contribution is -2.45. The van der Waals surface area contributed by atoms with Crippen molar-refractivity contribution < 1.29 is 14.4 Å². The number of nitrogens with zero attached hydrogens (tertiary/aromatic N) is 1. The molecule has 0 heterocycles. The normalized spacial score (nSPS) is 17.4. The zero-order chi connectivity index (χ0) is 37.2. The molecular weight excluding hydrogens is 631 g/mol. The molecule has 0 spiro atoms. The number of amides is 3. The van der Waals surface area contributed by atoms with Crippen molar-refractivity contribution in [3.05, 3.63) is 0 Å². The molecule has 6 nitrogen and oxygen atoms in total. The SMILES string of the molecule is CCCCCCCCCCCCNC(=O)[C@H]1CC(C(N)=O)C[C@@H](C(=O)N(CCCCCCCCCCCC)CCCCCCCCCCCC)C1. The molecule has 6 heteroatoms. The summed E-state index contributed by atoms with van der Waals surface area (Å²) in [6.45, 7) is 9.06. The Balaban J connectivity index is 2.59. The first kappa shape index (κ1) is 47.4. The van der Waals surface area contributed by atoms with Gasteiger partial charge in [-0.3, -0.25) is 14.4 Å². The van der Waals surface area contributed by atoms with Crippen LogP contribution in [0.4, 0.5) is 0 Å². The van der Waals surface area contributed by atoms with E-state index in [2.05, 4.69) is 31.0 Å². The molecule has 3 N–H and O–H groups in total. The van der Waals surface area contributed by atoms with Crippen molar-refractivity contribution >= 4 is 17.7 Å². The summed E-state index contributed by atoms with van der Waals surface area (Å²) in [5.41, 5.74) is 5.83. The predicted molar refractivity (Wildman–Crippen MR) is 219 cm³/mol. The summed E-state index contributed by atoms with van der Waals surface area (Å²) >= 11 is 0. The van der Waals surface area contributed by atoms with Gasteiger partial charge in [0.2, 0.25) is 17.7 Å². The van der Waals surface area contributed by atoms with E-state index in [1.165, 1.54) is 154 Å². The summed E-state index contributed by atoms with van der Waals surface area (Å²) in [4.78, 5) is 42.0. The third-order valence-electron chi connectivity index (χ3n) is 11.5. The number of rotatable bonds is 36. The molecule has 0 aromatic rings. The molecule has 0 radical (unpaired) electrons. The Bertz CT molecular complexity index is 810. The van der Waals surface area contributed by atoms with E-state index in [1.54, 1.807) is 0 Å². The number of primary amides is 1. The molecule has 0 aromatic carbocycles. The Labute approximate surface area is 317 Å². The van der Waals surface area contributed by atoms with Gasteiger partial charge in [-0.2, -0.15) is 0 Å². The molecule has 0 aliphatic heterocycles. The van der Waals surface area contributed by atoms with Gasteiger partial charge in [0.15, 0.2) is 0 Å². The van der Waals surface area contributed by atoms with Crippen LogP contribution in [0.5, 0.6) is 0 Å². The van der Waals surface area contributed by atoms with Gasteiger partial charge in [0.25, 0.3) is 0 Å². The standard InChI is InChI=1S/C45H87N3O3/c1-4-7-10-13-16-19-22-25-28-31-34-47-44(50)41-37-40(43(46)49)38-42(39-41)45(51)48(35-32-29-26-23-20-17-14-11-8-5-2)36-33-30-27-24-21-18-15-12-9-6-3/h40-42H,4-39H2,1-3H3,(H2,46,49)(H,47,50)/t40?,41-,42+/m0/s1. The average molecular weight is 718 g/mol. The highest BCUT2D eigenvalue weighted by molar-refractivity contribution is 5.85. The van der Waals surface area contributed by atoms with Crippen LogP contribution in [-0.4, -0.2) is 42.3 Å². The van der Waals surface area contributed by atoms with Gasteiger partial charge in [0, 0.05) is 37.4 Å². The van der Waals surface area contributed by atoms with Crippen LogP contribution in [0.15, 0.2) is 0 Å². The first-order valence-corrected chi connectivity index (χ1v) is 22.8. The number of hydrogen-bond donors (Lipinski definition) is 2. The summed E-state index contributed by atoms with van der Waals surface area (Å²) < 4.78 is 0. The second-order valence-electron chi connectivity index (χ2n) is 16.4. The van der Waals surface area contributed by atoms with Gasteiger partial charge >= 0.3 is 0 Å². The number of hydrogen-bond acceptors (Lipinski definition) is 3. The lowest BCUT2D eigenvalue weighted by atomic mass is 9.74. The second kappa shape index (κ2) is 34.2. The molecule has 0 aromatic heterocycles. The third kappa shape index (κ3) is 25.9. The fraction of sp³-hybridized carbons (Fsp3) is 0.933. The second-order valence-corrected chi connectivity index (χ2v) is 16.4. The summed E-state index contributed by atoms with van der Waals surface area (Å²) in [6, 6.07) is 0. The number of nitrogens with one attached hydrogen (secondary N) is 1. The molecule has 1 rings (SSSR count). The fourth-order valence-corrected chi connectivity index (χ4v) is 8.11. The first-order valence-electron chi connectivity index (χ1n) is 22.8. The molecule has 3 amide bonds. The quantitative estimate of drug-likeness (QED) is 0.0632. The summed E-state index contributed by atoms with van der Waals surface area (Å²) in [7, 11) is 0. The van der Waals surface area contributed by atoms with Gasteiger partial charge in [-0.25, -0.2) is 0 Å². The number of carbonyl (C=O) groups excluding carboxylic acids is 3. The van der Waals surface area contributed by atoms with Crippen LogP contribution in [0.3, 0.4) is 0 Å². The van der Waals surface area contributed by atoms with Crippen LogP contribution >= 0.6 is 0 Å². The van der Waals surface area contributed by atoms with Gasteiger partial charge in [-0.1, -0.05) is 194 Å². The minimum atomic E-state index is -0.405. The van der Waals surface area contributed by atoms with E-state index in [4.69, 9.17) is 5.73 Å². The van der Waals surface area contributed by atoms with Gasteiger partial charge in [0.1, 0.15) is 0 Å². The number of unbranched alkanes of at least 4 members (excludes halogenated alkanes) is 27. The maximum atomic E-state index is 14.1. The van der Waals surface area contributed by atoms with Crippen LogP contribution < -0.4 is 11.1 Å². The molecule has 300 valence electrons. The maximum Gasteiger partial charge on any atom is 0.225 e. The molecule has 1 saturated carbocycles. The molecular formula is C45H87N3O3. The van der Waals surface area contributed by atoms with Gasteiger partial charge < -0.3 is 16.0 Å². The minimum Gasteiger partial charge on any atom is -0.369 e. The Morgan fingerprint density at radius 3 is 1.14 bits per heavy atom. The molecule has 1 aliphatic rings. The third-order valence-corrected chi connectivity index (χ3v) is 11.5. The maximum absolute atomic E-state index is 14.1. The van der Waals surface area contributed by atoms with Crippen LogP contribution in [0.2, 0.25) is 0 Å². The highest BCUT2D eigenvalue weighted by Gasteiger charge is 2.39. The Kier molecular flexibility index (Phi) is 31.8. The van der Waals surface area contributed by atoms with Crippen molar-refractivity contribution in [2.75, 3.05) is 19.6 Å². The summed E-state index contributed by atoms with van der Waals surface area (Å²) in [6.07, 6.45) is 39.7. The minimum absolute atomic E-state index is 0.00520. The van der Waals surface area contributed by atoms with Crippen LogP contribution in [0, 0.1) is 17.8 Å². The topological polar surface area (TPSA) is 92.5 Å². The fourth-order valence-electron chi connectivity index (χ4n) is 8.11. The average Bonchev–Trinajstić information content (AvgIpc) is 3.13. The Morgan fingerprint density at radius 2 is 0.765 bits per heavy atom. The van der Waals surface area contributed by atoms with Crippen molar-refractivity contribution in [3.63, 3.8) is 0 Å². The van der Waals surface area contributed by atoms with E-state index >= 15 is 0 Å². The molecule has 3 atom stereocenters. The summed E-state index contributed by atoms with van der Waals surface area (Å²) in [5, 5.41) is 3.16. The molecule has 0 saturated heterocycles. The zero-order valence-corrected chi connectivity index (χ0v) is 34.4. The highest BCUT2D eigenvalue weighted by atomic mass is 16.2. The van der Waals surface area contributed by atoms with Gasteiger partial charge in [-0.05, 0) is 38.5 Å². The van der Waals surface area contributed by atoms with E-state index in [-0.39, 0.29) is 29.6 Å². The van der Waals surface area contributed by atoms with E-state index in [0.717, 1.165) is 51.6 Å². The lowest BCUT2D eigenvalue weighted by molar-refractivity contribution is -0.140. The Hall–Kier alpha value is -1.59. The molecule has 0 bridgehead atoms. The largest absolute Gasteiger partial charge is 0.369 e. The summed E-state index contributed by atoms with van der Waals surface area (Å²) in [5.74, 6) is -1.22. The van der Waals surface area contributed by atoms with Crippen LogP contribution in [0.25, 0.3) is 0 Å². The van der Waals surface area contributed by atoms with Crippen molar-refractivity contribution in [1.29, 1.82) is 0 Å². The first-order chi connectivity index (χ1) is 24.9. The van der Waals surface area contributed by atoms with E-state index in [1.807, 2.05) is 0 Å². The van der Waals surface area contributed by atoms with Crippen molar-refractivity contribution in [1.82, 2.24) is 10.2 Å². The Morgan fingerprint density at radius 1 is 0.451 bits per heavy atom. The molecule has 51 heavy (non-hydrogen) atoms. The predicted octanol–water partition coefficient (Wildman–Crippen LogP) is 12.2. The highest BCUT2D eigenvalue weighted by Crippen LogP contribution is 2.35.